The molecular weight excluding hydrogens is 448 g/mol. The molecule has 35 heavy (non-hydrogen) atoms. The van der Waals surface area contributed by atoms with E-state index in [1.54, 1.807) is 43.5 Å². The number of fused-ring (bicyclic) bond motifs is 1. The topological polar surface area (TPSA) is 93.2 Å². The average Bonchev–Trinajstić information content (AvgIpc) is 2.85. The van der Waals surface area contributed by atoms with Crippen molar-refractivity contribution in [2.45, 2.75) is 32.5 Å². The minimum Gasteiger partial charge on any atom is -0.491 e. The van der Waals surface area contributed by atoms with Gasteiger partial charge in [0.15, 0.2) is 0 Å². The molecule has 0 spiro atoms. The van der Waals surface area contributed by atoms with E-state index < -0.39 is 0 Å². The Morgan fingerprint density at radius 3 is 2.69 bits per heavy atom. The van der Waals surface area contributed by atoms with Crippen LogP contribution in [0.1, 0.15) is 29.9 Å². The molecule has 0 bridgehead atoms. The molecule has 0 saturated carbocycles. The molecule has 2 amide bonds. The van der Waals surface area contributed by atoms with Crippen LogP contribution >= 0.6 is 0 Å². The van der Waals surface area contributed by atoms with Crippen LogP contribution in [-0.2, 0) is 20.8 Å². The second-order valence-electron chi connectivity index (χ2n) is 9.04. The van der Waals surface area contributed by atoms with Crippen LogP contribution in [0.15, 0.2) is 42.6 Å². The van der Waals surface area contributed by atoms with Gasteiger partial charge in [0.25, 0.3) is 5.91 Å². The lowest BCUT2D eigenvalue weighted by Crippen LogP contribution is -2.46. The van der Waals surface area contributed by atoms with Crippen molar-refractivity contribution in [3.63, 3.8) is 0 Å². The van der Waals surface area contributed by atoms with Crippen molar-refractivity contribution in [3.8, 4) is 5.75 Å². The molecule has 3 atom stereocenters. The van der Waals surface area contributed by atoms with Gasteiger partial charge in [-0.1, -0.05) is 13.0 Å². The van der Waals surface area contributed by atoms with E-state index in [0.717, 1.165) is 12.2 Å². The van der Waals surface area contributed by atoms with E-state index in [-0.39, 0.29) is 36.5 Å². The van der Waals surface area contributed by atoms with Gasteiger partial charge in [-0.25, -0.2) is 0 Å². The van der Waals surface area contributed by atoms with Crippen molar-refractivity contribution < 1.29 is 23.8 Å². The minimum absolute atomic E-state index is 0.0313. The molecule has 0 saturated heterocycles. The third-order valence-electron chi connectivity index (χ3n) is 6.23. The summed E-state index contributed by atoms with van der Waals surface area (Å²) in [7, 11) is 4.91. The smallest absolute Gasteiger partial charge is 0.257 e. The van der Waals surface area contributed by atoms with Crippen molar-refractivity contribution in [1.29, 1.82) is 0 Å². The number of hydrogen-bond donors (Lipinski definition) is 1. The van der Waals surface area contributed by atoms with Gasteiger partial charge in [-0.2, -0.15) is 0 Å². The number of likely N-dealkylation sites (N-methyl/N-ethyl adjacent to an activating group) is 1. The number of methoxy groups -OCH3 is 2. The largest absolute Gasteiger partial charge is 0.491 e. The maximum atomic E-state index is 13.3. The van der Waals surface area contributed by atoms with Crippen LogP contribution in [0.2, 0.25) is 0 Å². The highest BCUT2D eigenvalue weighted by Gasteiger charge is 2.28. The molecule has 0 radical (unpaired) electrons. The number of carbonyl (C=O) groups excluding carboxylic acids is 2. The zero-order chi connectivity index (χ0) is 25.4. The summed E-state index contributed by atoms with van der Waals surface area (Å²) in [4.78, 5) is 33.8. The second kappa shape index (κ2) is 12.6. The Morgan fingerprint density at radius 1 is 1.20 bits per heavy atom. The number of aromatic nitrogens is 1. The molecule has 0 aliphatic carbocycles. The van der Waals surface area contributed by atoms with Gasteiger partial charge in [-0.05, 0) is 37.1 Å². The number of rotatable bonds is 6. The van der Waals surface area contributed by atoms with Gasteiger partial charge >= 0.3 is 0 Å². The molecule has 1 N–H and O–H groups in total. The normalized spacial score (nSPS) is 21.9. The van der Waals surface area contributed by atoms with Crippen molar-refractivity contribution in [3.05, 3.63) is 53.9 Å². The Kier molecular flexibility index (Phi) is 9.59. The molecule has 0 fully saturated rings. The predicted octanol–water partition coefficient (Wildman–Crippen LogP) is 2.67. The number of nitrogens with zero attached hydrogens (tertiary/aromatic N) is 3. The molecule has 3 rings (SSSR count). The summed E-state index contributed by atoms with van der Waals surface area (Å²) < 4.78 is 16.9. The van der Waals surface area contributed by atoms with Crippen LogP contribution in [0.5, 0.6) is 5.75 Å². The maximum Gasteiger partial charge on any atom is 0.257 e. The fraction of sp³-hybridized carbons (Fsp3) is 0.500. The molecule has 1 aliphatic rings. The predicted molar refractivity (Wildman–Crippen MR) is 133 cm³/mol. The summed E-state index contributed by atoms with van der Waals surface area (Å²) in [6, 6.07) is 11.0. The summed E-state index contributed by atoms with van der Waals surface area (Å²) in [6.07, 6.45) is 1.66. The Hall–Kier alpha value is -3.01. The van der Waals surface area contributed by atoms with Gasteiger partial charge in [0.1, 0.15) is 19.0 Å². The third-order valence-corrected chi connectivity index (χ3v) is 6.23. The van der Waals surface area contributed by atoms with Crippen LogP contribution < -0.4 is 10.1 Å². The summed E-state index contributed by atoms with van der Waals surface area (Å²) in [6.45, 7) is 6.39. The van der Waals surface area contributed by atoms with Crippen molar-refractivity contribution in [2.24, 2.45) is 5.92 Å². The number of pyridine rings is 1. The highest BCUT2D eigenvalue weighted by Crippen LogP contribution is 2.27. The summed E-state index contributed by atoms with van der Waals surface area (Å²) in [5.74, 6) is 0.140. The van der Waals surface area contributed by atoms with E-state index in [2.05, 4.69) is 29.0 Å². The Bertz CT molecular complexity index is 987. The molecule has 2 aromatic rings. The molecule has 1 aromatic heterocycles. The monoisotopic (exact) mass is 484 g/mol. The minimum atomic E-state index is -0.282. The fourth-order valence-corrected chi connectivity index (χ4v) is 4.17. The maximum absolute atomic E-state index is 13.3. The second-order valence-corrected chi connectivity index (χ2v) is 9.04. The van der Waals surface area contributed by atoms with E-state index >= 15 is 0 Å². The first-order valence-electron chi connectivity index (χ1n) is 11.8. The molecular formula is C26H36N4O5. The molecule has 190 valence electrons. The van der Waals surface area contributed by atoms with Gasteiger partial charge in [-0.15, -0.1) is 0 Å². The van der Waals surface area contributed by atoms with E-state index in [9.17, 15) is 9.59 Å². The summed E-state index contributed by atoms with van der Waals surface area (Å²) >= 11 is 0. The Balaban J connectivity index is 1.92. The Morgan fingerprint density at radius 2 is 2.00 bits per heavy atom. The molecule has 1 aliphatic heterocycles. The van der Waals surface area contributed by atoms with E-state index in [1.807, 2.05) is 18.2 Å². The van der Waals surface area contributed by atoms with Gasteiger partial charge in [-0.3, -0.25) is 19.5 Å². The molecule has 0 unspecified atom stereocenters. The molecule has 9 nitrogen and oxygen atoms in total. The number of ether oxygens (including phenoxy) is 3. The van der Waals surface area contributed by atoms with Crippen LogP contribution in [0, 0.1) is 5.92 Å². The van der Waals surface area contributed by atoms with Crippen molar-refractivity contribution in [1.82, 2.24) is 14.8 Å². The summed E-state index contributed by atoms with van der Waals surface area (Å²) in [5.41, 5.74) is 1.95. The molecule has 9 heteroatoms. The zero-order valence-corrected chi connectivity index (χ0v) is 21.2. The Labute approximate surface area is 207 Å². The fourth-order valence-electron chi connectivity index (χ4n) is 4.17. The van der Waals surface area contributed by atoms with Crippen LogP contribution in [0.3, 0.4) is 0 Å². The average molecular weight is 485 g/mol. The van der Waals surface area contributed by atoms with Crippen molar-refractivity contribution in [2.75, 3.05) is 52.9 Å². The van der Waals surface area contributed by atoms with Crippen molar-refractivity contribution >= 4 is 17.5 Å². The van der Waals surface area contributed by atoms with Gasteiger partial charge in [0.2, 0.25) is 5.91 Å². The lowest BCUT2D eigenvalue weighted by Gasteiger charge is -2.35. The molecule has 1 aromatic carbocycles. The first-order chi connectivity index (χ1) is 16.8. The first-order valence-corrected chi connectivity index (χ1v) is 11.8. The third kappa shape index (κ3) is 7.24. The van der Waals surface area contributed by atoms with Gasteiger partial charge in [0.05, 0.1) is 17.4 Å². The zero-order valence-electron chi connectivity index (χ0n) is 21.2. The quantitative estimate of drug-likeness (QED) is 0.674. The number of nitrogens with one attached hydrogen (secondary N) is 1. The number of benzene rings is 1. The lowest BCUT2D eigenvalue weighted by molar-refractivity contribution is -0.119. The lowest BCUT2D eigenvalue weighted by atomic mass is 10.0. The van der Waals surface area contributed by atoms with Gasteiger partial charge in [0, 0.05) is 64.9 Å². The van der Waals surface area contributed by atoms with E-state index in [4.69, 9.17) is 14.2 Å². The number of hydrogen-bond acceptors (Lipinski definition) is 7. The molecule has 2 heterocycles. The van der Waals surface area contributed by atoms with E-state index in [0.29, 0.717) is 36.7 Å². The first kappa shape index (κ1) is 26.6. The number of anilines is 1. The number of carbonyl (C=O) groups is 2. The van der Waals surface area contributed by atoms with Crippen LogP contribution in [0.25, 0.3) is 0 Å². The number of amides is 2. The van der Waals surface area contributed by atoms with E-state index in [1.165, 1.54) is 7.11 Å². The van der Waals surface area contributed by atoms with Crippen LogP contribution in [0.4, 0.5) is 5.69 Å². The van der Waals surface area contributed by atoms with Gasteiger partial charge < -0.3 is 24.4 Å². The highest BCUT2D eigenvalue weighted by atomic mass is 16.5. The van der Waals surface area contributed by atoms with Crippen LogP contribution in [-0.4, -0.2) is 86.3 Å². The summed E-state index contributed by atoms with van der Waals surface area (Å²) in [5, 5.41) is 2.77. The highest BCUT2D eigenvalue weighted by molar-refractivity contribution is 5.98. The standard InChI is InChI=1S/C26H36N4O5/c1-18-13-30(14-21-8-6-7-11-27-21)19(2)16-35-23-12-20(28-25(31)17-33-4)9-10-22(23)26(32)29(3)15-24(18)34-5/h6-12,18-19,24H,13-17H2,1-5H3,(H,28,31)/t18-,19+,24-/m0/s1. The SMILES string of the molecule is COCC(=O)Nc1ccc2c(c1)OC[C@@H](C)N(Cc1ccccn1)C[C@H](C)[C@@H](OC)CN(C)C2=O.